The van der Waals surface area contributed by atoms with E-state index in [1.165, 1.54) is 25.0 Å². The van der Waals surface area contributed by atoms with Crippen LogP contribution in [-0.2, 0) is 33.8 Å². The number of carbonyl (C=O) groups is 2. The number of carboxylic acid groups (broad SMARTS) is 1. The second-order valence-electron chi connectivity index (χ2n) is 7.30. The zero-order valence-corrected chi connectivity index (χ0v) is 19.7. The Morgan fingerprint density at radius 2 is 1.97 bits per heavy atom. The molecule has 0 bridgehead atoms. The molecule has 0 aliphatic heterocycles. The molecule has 1 heterocycles. The van der Waals surface area contributed by atoms with Crippen LogP contribution < -0.4 is 15.5 Å². The summed E-state index contributed by atoms with van der Waals surface area (Å²) in [6.07, 6.45) is 1.55. The molecular weight excluding hydrogens is 452 g/mol. The minimum atomic E-state index is -1.17. The highest BCUT2D eigenvalue weighted by Crippen LogP contribution is 2.19. The molecule has 0 saturated heterocycles. The second-order valence-corrected chi connectivity index (χ2v) is 7.74. The number of nitrogens with one attached hydrogen (secondary N) is 1. The molecule has 0 saturated carbocycles. The number of nitrogens with zero attached hydrogens (tertiary/aromatic N) is 1. The maximum absolute atomic E-state index is 13.2. The molecule has 0 unspecified atom stereocenters. The minimum Gasteiger partial charge on any atom is -0.487 e. The number of amides is 1. The fraction of sp³-hybridized carbons (Fsp3) is 0.435. The van der Waals surface area contributed by atoms with Gasteiger partial charge in [0.1, 0.15) is 0 Å². The van der Waals surface area contributed by atoms with Gasteiger partial charge in [-0.3, -0.25) is 14.4 Å². The van der Waals surface area contributed by atoms with Gasteiger partial charge in [0.25, 0.3) is 5.91 Å². The number of rotatable bonds is 13. The maximum Gasteiger partial charge on any atom is 0.308 e. The normalized spacial score (nSPS) is 10.9. The van der Waals surface area contributed by atoms with Crippen LogP contribution in [0.4, 0.5) is 0 Å². The summed E-state index contributed by atoms with van der Waals surface area (Å²) in [6.45, 7) is 2.36. The van der Waals surface area contributed by atoms with E-state index in [9.17, 15) is 19.5 Å². The highest BCUT2D eigenvalue weighted by Gasteiger charge is 2.25. The van der Waals surface area contributed by atoms with Gasteiger partial charge in [-0.2, -0.15) is 0 Å². The van der Waals surface area contributed by atoms with Crippen LogP contribution >= 0.6 is 11.6 Å². The molecule has 0 radical (unpaired) electrons. The summed E-state index contributed by atoms with van der Waals surface area (Å²) in [4.78, 5) is 37.6. The van der Waals surface area contributed by atoms with Crippen molar-refractivity contribution in [1.82, 2.24) is 9.88 Å². The molecule has 0 aliphatic carbocycles. The van der Waals surface area contributed by atoms with Crippen LogP contribution in [-0.4, -0.2) is 48.7 Å². The molecule has 9 nitrogen and oxygen atoms in total. The van der Waals surface area contributed by atoms with Crippen LogP contribution in [0.5, 0.6) is 5.75 Å². The van der Waals surface area contributed by atoms with Gasteiger partial charge in [-0.15, -0.1) is 0 Å². The number of hydrogen-bond acceptors (Lipinski definition) is 6. The molecule has 2 aromatic rings. The molecule has 1 aromatic carbocycles. The molecule has 2 rings (SSSR count). The Morgan fingerprint density at radius 3 is 2.58 bits per heavy atom. The number of carboxylic acids is 1. The van der Waals surface area contributed by atoms with Crippen LogP contribution in [0, 0.1) is 0 Å². The van der Waals surface area contributed by atoms with Crippen molar-refractivity contribution in [2.45, 2.75) is 45.6 Å². The first-order valence-corrected chi connectivity index (χ1v) is 10.9. The molecule has 0 aliphatic rings. The average molecular weight is 481 g/mol. The molecule has 1 aromatic heterocycles. The number of unbranched alkanes of at least 4 members (excludes halogenated alkanes) is 1. The number of aliphatic carboxylic acids is 1. The average Bonchev–Trinajstić information content (AvgIpc) is 2.78. The van der Waals surface area contributed by atoms with E-state index in [1.807, 2.05) is 6.92 Å². The van der Waals surface area contributed by atoms with Crippen LogP contribution in [0.3, 0.4) is 0 Å². The summed E-state index contributed by atoms with van der Waals surface area (Å²) in [5.41, 5.74) is 0.0918. The third-order valence-corrected chi connectivity index (χ3v) is 5.06. The second kappa shape index (κ2) is 13.0. The third-order valence-electron chi connectivity index (χ3n) is 4.83. The van der Waals surface area contributed by atoms with Gasteiger partial charge in [0, 0.05) is 37.5 Å². The largest absolute Gasteiger partial charge is 0.487 e. The number of halogens is 1. The summed E-state index contributed by atoms with van der Waals surface area (Å²) in [7, 11) is 2.87. The number of pyridine rings is 1. The van der Waals surface area contributed by atoms with E-state index in [2.05, 4.69) is 5.32 Å². The lowest BCUT2D eigenvalue weighted by Gasteiger charge is -2.22. The zero-order chi connectivity index (χ0) is 24.4. The number of hydrogen-bond donors (Lipinski definition) is 2. The van der Waals surface area contributed by atoms with Gasteiger partial charge in [0.2, 0.25) is 5.43 Å². The monoisotopic (exact) mass is 480 g/mol. The maximum atomic E-state index is 13.2. The van der Waals surface area contributed by atoms with E-state index in [0.717, 1.165) is 12.0 Å². The van der Waals surface area contributed by atoms with E-state index < -0.39 is 30.0 Å². The first-order valence-electron chi connectivity index (χ1n) is 10.5. The lowest BCUT2D eigenvalue weighted by atomic mass is 10.1. The van der Waals surface area contributed by atoms with Gasteiger partial charge in [-0.1, -0.05) is 37.1 Å². The quantitative estimate of drug-likeness (QED) is 0.334. The molecular formula is C23H29ClN2O7. The Bertz CT molecular complexity index is 1020. The van der Waals surface area contributed by atoms with Crippen molar-refractivity contribution < 1.29 is 28.9 Å². The van der Waals surface area contributed by atoms with Gasteiger partial charge in [-0.05, 0) is 24.1 Å². The van der Waals surface area contributed by atoms with Gasteiger partial charge in [-0.25, -0.2) is 0 Å². The molecule has 33 heavy (non-hydrogen) atoms. The minimum absolute atomic E-state index is 0.00801. The number of aromatic nitrogens is 1. The van der Waals surface area contributed by atoms with Crippen molar-refractivity contribution in [1.29, 1.82) is 0 Å². The van der Waals surface area contributed by atoms with E-state index in [-0.39, 0.29) is 36.7 Å². The molecule has 0 spiro atoms. The smallest absolute Gasteiger partial charge is 0.308 e. The van der Waals surface area contributed by atoms with Crippen molar-refractivity contribution in [2.75, 3.05) is 20.8 Å². The van der Waals surface area contributed by atoms with Gasteiger partial charge in [0.05, 0.1) is 19.6 Å². The molecule has 1 amide bonds. The van der Waals surface area contributed by atoms with Crippen molar-refractivity contribution in [3.63, 3.8) is 0 Å². The fourth-order valence-electron chi connectivity index (χ4n) is 3.13. The highest BCUT2D eigenvalue weighted by molar-refractivity contribution is 6.30. The molecule has 10 heteroatoms. The van der Waals surface area contributed by atoms with Crippen LogP contribution in [0.1, 0.15) is 41.4 Å². The van der Waals surface area contributed by atoms with Crippen LogP contribution in [0.25, 0.3) is 0 Å². The van der Waals surface area contributed by atoms with E-state index in [4.69, 9.17) is 25.8 Å². The van der Waals surface area contributed by atoms with Gasteiger partial charge >= 0.3 is 5.97 Å². The highest BCUT2D eigenvalue weighted by atomic mass is 35.5. The number of carbonyl (C=O) groups excluding carboxylic acids is 1. The van der Waals surface area contributed by atoms with Crippen molar-refractivity contribution in [3.05, 3.63) is 62.5 Å². The summed E-state index contributed by atoms with van der Waals surface area (Å²) in [6, 6.07) is 7.01. The number of methoxy groups -OCH3 is 2. The number of ether oxygens (including phenoxy) is 3. The first-order chi connectivity index (χ1) is 15.8. The van der Waals surface area contributed by atoms with Crippen molar-refractivity contribution >= 4 is 23.5 Å². The Labute approximate surface area is 197 Å². The van der Waals surface area contributed by atoms with Crippen molar-refractivity contribution in [2.24, 2.45) is 0 Å². The Hall–Kier alpha value is -2.88. The van der Waals surface area contributed by atoms with E-state index in [0.29, 0.717) is 11.4 Å². The SMILES string of the molecule is CCCCOc1c(C(=O)NCc2cccc(Cl)c2)n(CC(OC)OC)cc(CC(=O)O)c1=O. The molecule has 0 fully saturated rings. The Balaban J connectivity index is 2.53. The summed E-state index contributed by atoms with van der Waals surface area (Å²) >= 11 is 6.01. The van der Waals surface area contributed by atoms with Crippen molar-refractivity contribution in [3.8, 4) is 5.75 Å². The third kappa shape index (κ3) is 7.59. The predicted octanol–water partition coefficient (Wildman–Crippen LogP) is 2.86. The molecule has 2 N–H and O–H groups in total. The van der Waals surface area contributed by atoms with Crippen LogP contribution in [0.15, 0.2) is 35.3 Å². The lowest BCUT2D eigenvalue weighted by molar-refractivity contribution is -0.136. The Kier molecular flexibility index (Phi) is 10.4. The Morgan fingerprint density at radius 1 is 1.24 bits per heavy atom. The van der Waals surface area contributed by atoms with Gasteiger partial charge in [0.15, 0.2) is 17.7 Å². The topological polar surface area (TPSA) is 116 Å². The van der Waals surface area contributed by atoms with Crippen LogP contribution in [0.2, 0.25) is 5.02 Å². The molecule has 0 atom stereocenters. The fourth-order valence-corrected chi connectivity index (χ4v) is 3.35. The summed E-state index contributed by atoms with van der Waals surface area (Å²) in [5, 5.41) is 12.6. The summed E-state index contributed by atoms with van der Waals surface area (Å²) < 4.78 is 17.7. The first kappa shape index (κ1) is 26.4. The lowest BCUT2D eigenvalue weighted by Crippen LogP contribution is -2.34. The molecule has 180 valence electrons. The zero-order valence-electron chi connectivity index (χ0n) is 18.9. The van der Waals surface area contributed by atoms with E-state index >= 15 is 0 Å². The standard InChI is InChI=1S/C23H29ClN2O7/c1-4-5-9-33-22-20(23(30)25-12-15-7-6-8-17(24)10-15)26(14-19(31-2)32-3)13-16(21(22)29)11-18(27)28/h6-8,10,13,19H,4-5,9,11-12,14H2,1-3H3,(H,25,30)(H,27,28). The van der Waals surface area contributed by atoms with E-state index in [1.54, 1.807) is 24.3 Å². The predicted molar refractivity (Wildman–Crippen MR) is 123 cm³/mol. The number of benzene rings is 1. The summed E-state index contributed by atoms with van der Waals surface area (Å²) in [5.74, 6) is -1.94. The van der Waals surface area contributed by atoms with Gasteiger partial charge < -0.3 is 29.2 Å².